The summed E-state index contributed by atoms with van der Waals surface area (Å²) in [4.78, 5) is 40.1. The molecular weight excluding hydrogens is 426 g/mol. The van der Waals surface area contributed by atoms with Crippen molar-refractivity contribution in [2.24, 2.45) is 0 Å². The summed E-state index contributed by atoms with van der Waals surface area (Å²) in [6, 6.07) is 2.27. The Kier molecular flexibility index (Phi) is 9.47. The fourth-order valence-corrected chi connectivity index (χ4v) is 3.09. The highest BCUT2D eigenvalue weighted by molar-refractivity contribution is 5.93. The molecule has 2 unspecified atom stereocenters. The molecule has 0 aliphatic heterocycles. The number of alkyl carbamates (subject to hydrolysis) is 1. The van der Waals surface area contributed by atoms with Crippen molar-refractivity contribution < 1.29 is 29.3 Å². The lowest BCUT2D eigenvalue weighted by atomic mass is 9.98. The van der Waals surface area contributed by atoms with Crippen molar-refractivity contribution in [3.63, 3.8) is 0 Å². The van der Waals surface area contributed by atoms with Gasteiger partial charge in [-0.25, -0.2) is 4.79 Å². The second-order valence-electron chi connectivity index (χ2n) is 9.82. The van der Waals surface area contributed by atoms with Crippen molar-refractivity contribution in [3.05, 3.63) is 42.0 Å². The number of carbonyl (C=O) groups is 3. The van der Waals surface area contributed by atoms with Gasteiger partial charge < -0.3 is 30.5 Å². The minimum atomic E-state index is -1.38. The van der Waals surface area contributed by atoms with Crippen molar-refractivity contribution in [2.45, 2.75) is 71.7 Å². The van der Waals surface area contributed by atoms with Crippen LogP contribution in [-0.4, -0.2) is 63.4 Å². The molecule has 0 aliphatic carbocycles. The van der Waals surface area contributed by atoms with Gasteiger partial charge in [0, 0.05) is 17.6 Å². The number of amides is 3. The summed E-state index contributed by atoms with van der Waals surface area (Å²) in [5, 5.41) is 25.7. The number of carbonyl (C=O) groups excluding carboxylic acids is 3. The van der Waals surface area contributed by atoms with Gasteiger partial charge in [0.05, 0.1) is 6.61 Å². The molecule has 1 rings (SSSR count). The number of ether oxygens (including phenoxy) is 1. The van der Waals surface area contributed by atoms with E-state index in [1.807, 2.05) is 0 Å². The van der Waals surface area contributed by atoms with Crippen LogP contribution in [-0.2, 0) is 14.3 Å². The topological polar surface area (TPSA) is 128 Å². The number of hydrogen-bond donors (Lipinski definition) is 4. The van der Waals surface area contributed by atoms with Crippen molar-refractivity contribution in [3.8, 4) is 5.75 Å². The molecule has 0 heterocycles. The van der Waals surface area contributed by atoms with E-state index in [0.717, 1.165) is 4.90 Å². The first-order chi connectivity index (χ1) is 15.1. The lowest BCUT2D eigenvalue weighted by Crippen LogP contribution is -2.55. The third-order valence-electron chi connectivity index (χ3n) is 4.40. The van der Waals surface area contributed by atoms with E-state index in [4.69, 9.17) is 4.74 Å². The number of phenols is 1. The van der Waals surface area contributed by atoms with Crippen LogP contribution in [0, 0.1) is 6.92 Å². The SMILES string of the molecule is C=CCN(C(=O)C(CO)NC(=O)OC(C)(C)C)C(C(=O)NC(C)(C)C)c1cccc(C)c1O. The molecule has 3 amide bonds. The highest BCUT2D eigenvalue weighted by Gasteiger charge is 2.38. The van der Waals surface area contributed by atoms with Crippen LogP contribution in [0.5, 0.6) is 5.75 Å². The third kappa shape index (κ3) is 8.42. The third-order valence-corrected chi connectivity index (χ3v) is 4.40. The molecule has 33 heavy (non-hydrogen) atoms. The number of para-hydroxylation sites is 1. The maximum Gasteiger partial charge on any atom is 0.408 e. The molecule has 2 atom stereocenters. The smallest absolute Gasteiger partial charge is 0.408 e. The summed E-state index contributed by atoms with van der Waals surface area (Å²) in [6.45, 7) is 14.9. The molecule has 0 aliphatic rings. The fraction of sp³-hybridized carbons (Fsp3) is 0.542. The van der Waals surface area contributed by atoms with E-state index in [1.54, 1.807) is 66.7 Å². The van der Waals surface area contributed by atoms with E-state index >= 15 is 0 Å². The largest absolute Gasteiger partial charge is 0.507 e. The van der Waals surface area contributed by atoms with Crippen LogP contribution in [0.3, 0.4) is 0 Å². The zero-order valence-corrected chi connectivity index (χ0v) is 20.6. The lowest BCUT2D eigenvalue weighted by molar-refractivity contribution is -0.143. The van der Waals surface area contributed by atoms with Crippen LogP contribution >= 0.6 is 0 Å². The predicted molar refractivity (Wildman–Crippen MR) is 126 cm³/mol. The summed E-state index contributed by atoms with van der Waals surface area (Å²) < 4.78 is 5.18. The Hall–Kier alpha value is -3.07. The van der Waals surface area contributed by atoms with Crippen LogP contribution in [0.25, 0.3) is 0 Å². The normalized spacial score (nSPS) is 13.5. The molecule has 9 nitrogen and oxygen atoms in total. The van der Waals surface area contributed by atoms with Crippen LogP contribution in [0.4, 0.5) is 4.79 Å². The number of aromatic hydroxyl groups is 1. The summed E-state index contributed by atoms with van der Waals surface area (Å²) >= 11 is 0. The Labute approximate surface area is 195 Å². The van der Waals surface area contributed by atoms with Gasteiger partial charge in [-0.1, -0.05) is 24.3 Å². The van der Waals surface area contributed by atoms with Crippen molar-refractivity contribution in [1.29, 1.82) is 0 Å². The number of rotatable bonds is 8. The van der Waals surface area contributed by atoms with E-state index in [0.29, 0.717) is 5.56 Å². The highest BCUT2D eigenvalue weighted by Crippen LogP contribution is 2.32. The number of nitrogens with one attached hydrogen (secondary N) is 2. The molecule has 0 fully saturated rings. The van der Waals surface area contributed by atoms with Crippen LogP contribution < -0.4 is 10.6 Å². The Bertz CT molecular complexity index is 870. The van der Waals surface area contributed by atoms with Gasteiger partial charge >= 0.3 is 6.09 Å². The maximum absolute atomic E-state index is 13.4. The standard InChI is InChI=1S/C24H37N3O6/c1-9-13-27(21(31)17(14-28)25-22(32)33-24(6,7)8)18(20(30)26-23(3,4)5)16-12-10-11-15(2)19(16)29/h9-12,17-18,28-29H,1,13-14H2,2-8H3,(H,25,32)(H,26,30). The monoisotopic (exact) mass is 463 g/mol. The summed E-state index contributed by atoms with van der Waals surface area (Å²) in [6.07, 6.45) is 0.534. The molecule has 0 aromatic heterocycles. The Morgan fingerprint density at radius 3 is 2.27 bits per heavy atom. The van der Waals surface area contributed by atoms with Crippen LogP contribution in [0.2, 0.25) is 0 Å². The predicted octanol–water partition coefficient (Wildman–Crippen LogP) is 2.56. The van der Waals surface area contributed by atoms with Crippen LogP contribution in [0.15, 0.2) is 30.9 Å². The number of aliphatic hydroxyl groups excluding tert-OH is 1. The van der Waals surface area contributed by atoms with Gasteiger partial charge in [-0.2, -0.15) is 0 Å². The quantitative estimate of drug-likeness (QED) is 0.439. The molecule has 0 saturated carbocycles. The number of benzene rings is 1. The molecule has 0 saturated heterocycles. The molecule has 184 valence electrons. The lowest BCUT2D eigenvalue weighted by Gasteiger charge is -2.35. The average Bonchev–Trinajstić information content (AvgIpc) is 2.65. The number of aliphatic hydroxyl groups is 1. The molecular formula is C24H37N3O6. The minimum absolute atomic E-state index is 0.0824. The van der Waals surface area contributed by atoms with Crippen molar-refractivity contribution >= 4 is 17.9 Å². The Balaban J connectivity index is 3.46. The van der Waals surface area contributed by atoms with E-state index in [2.05, 4.69) is 17.2 Å². The zero-order chi connectivity index (χ0) is 25.6. The minimum Gasteiger partial charge on any atom is -0.507 e. The maximum atomic E-state index is 13.4. The average molecular weight is 464 g/mol. The van der Waals surface area contributed by atoms with Gasteiger partial charge in [-0.05, 0) is 54.0 Å². The fourth-order valence-electron chi connectivity index (χ4n) is 3.09. The first-order valence-electron chi connectivity index (χ1n) is 10.7. The molecule has 0 spiro atoms. The van der Waals surface area contributed by atoms with Gasteiger partial charge in [0.25, 0.3) is 0 Å². The van der Waals surface area contributed by atoms with E-state index in [-0.39, 0.29) is 17.9 Å². The molecule has 0 radical (unpaired) electrons. The van der Waals surface area contributed by atoms with Gasteiger partial charge in [-0.15, -0.1) is 6.58 Å². The second kappa shape index (κ2) is 11.2. The number of nitrogens with zero attached hydrogens (tertiary/aromatic N) is 1. The van der Waals surface area contributed by atoms with Gasteiger partial charge in [0.2, 0.25) is 11.8 Å². The van der Waals surface area contributed by atoms with Gasteiger partial charge in [0.15, 0.2) is 0 Å². The second-order valence-corrected chi connectivity index (χ2v) is 9.82. The molecule has 1 aromatic rings. The number of phenolic OH excluding ortho intramolecular Hbond substituents is 1. The first kappa shape index (κ1) is 28.0. The van der Waals surface area contributed by atoms with Gasteiger partial charge in [-0.3, -0.25) is 9.59 Å². The Morgan fingerprint density at radius 2 is 1.79 bits per heavy atom. The number of hydrogen-bond acceptors (Lipinski definition) is 6. The Morgan fingerprint density at radius 1 is 1.18 bits per heavy atom. The van der Waals surface area contributed by atoms with Crippen molar-refractivity contribution in [1.82, 2.24) is 15.5 Å². The molecule has 0 bridgehead atoms. The van der Waals surface area contributed by atoms with Crippen molar-refractivity contribution in [2.75, 3.05) is 13.2 Å². The van der Waals surface area contributed by atoms with E-state index < -0.39 is 47.7 Å². The summed E-state index contributed by atoms with van der Waals surface area (Å²) in [5.41, 5.74) is -0.697. The molecule has 1 aromatic carbocycles. The summed E-state index contributed by atoms with van der Waals surface area (Å²) in [7, 11) is 0. The summed E-state index contributed by atoms with van der Waals surface area (Å²) in [5.74, 6) is -1.40. The first-order valence-corrected chi connectivity index (χ1v) is 10.7. The molecule has 4 N–H and O–H groups in total. The van der Waals surface area contributed by atoms with Gasteiger partial charge in [0.1, 0.15) is 23.4 Å². The molecule has 9 heteroatoms. The zero-order valence-electron chi connectivity index (χ0n) is 20.6. The van der Waals surface area contributed by atoms with E-state index in [1.165, 1.54) is 6.08 Å². The highest BCUT2D eigenvalue weighted by atomic mass is 16.6. The van der Waals surface area contributed by atoms with Crippen LogP contribution in [0.1, 0.15) is 58.7 Å². The number of aryl methyl sites for hydroxylation is 1. The van der Waals surface area contributed by atoms with E-state index in [9.17, 15) is 24.6 Å².